The van der Waals surface area contributed by atoms with Crippen molar-refractivity contribution in [3.05, 3.63) is 45.7 Å². The quantitative estimate of drug-likeness (QED) is 0.551. The molecule has 0 aliphatic carbocycles. The minimum atomic E-state index is -0.951. The zero-order chi connectivity index (χ0) is 25.1. The number of amides is 1. The molecule has 1 fully saturated rings. The number of piperazine rings is 1. The number of imidazole rings is 1. The van der Waals surface area contributed by atoms with Crippen molar-refractivity contribution in [2.45, 2.75) is 20.0 Å². The van der Waals surface area contributed by atoms with Gasteiger partial charge in [-0.3, -0.25) is 13.9 Å². The molecule has 0 unspecified atom stereocenters. The van der Waals surface area contributed by atoms with Gasteiger partial charge in [0.1, 0.15) is 0 Å². The van der Waals surface area contributed by atoms with E-state index in [0.717, 1.165) is 0 Å². The first kappa shape index (κ1) is 23.6. The summed E-state index contributed by atoms with van der Waals surface area (Å²) in [5.41, 5.74) is 1.55. The van der Waals surface area contributed by atoms with E-state index in [-0.39, 0.29) is 18.6 Å². The lowest BCUT2D eigenvalue weighted by atomic mass is 10.1. The Morgan fingerprint density at radius 3 is 2.49 bits per heavy atom. The molecule has 4 rings (SSSR count). The van der Waals surface area contributed by atoms with Crippen LogP contribution in [0.2, 0.25) is 0 Å². The first-order valence-electron chi connectivity index (χ1n) is 11.1. The molecular weight excluding hydrogens is 448 g/mol. The van der Waals surface area contributed by atoms with E-state index in [2.05, 4.69) is 17.9 Å². The Kier molecular flexibility index (Phi) is 6.60. The minimum absolute atomic E-state index is 0.177. The van der Waals surface area contributed by atoms with Crippen LogP contribution in [-0.4, -0.2) is 75.5 Å². The van der Waals surface area contributed by atoms with Crippen molar-refractivity contribution in [2.75, 3.05) is 50.1 Å². The molecule has 1 aliphatic rings. The molecule has 0 saturated carbocycles. The summed E-state index contributed by atoms with van der Waals surface area (Å²) in [6.45, 7) is 3.71. The monoisotopic (exact) mass is 474 g/mol. The van der Waals surface area contributed by atoms with E-state index >= 15 is 0 Å². The van der Waals surface area contributed by atoms with Crippen LogP contribution in [0, 0.1) is 23.2 Å². The van der Waals surface area contributed by atoms with Crippen LogP contribution in [0.1, 0.15) is 18.1 Å². The fourth-order valence-corrected chi connectivity index (χ4v) is 4.16. The number of rotatable bonds is 5. The molecule has 1 amide bonds. The summed E-state index contributed by atoms with van der Waals surface area (Å²) in [5.74, 6) is 6.84. The Hall–Kier alpha value is -4.51. The Labute approximate surface area is 202 Å². The molecule has 3 aromatic rings. The molecule has 2 aromatic heterocycles. The highest BCUT2D eigenvalue weighted by Crippen LogP contribution is 2.23. The van der Waals surface area contributed by atoms with Gasteiger partial charge in [0.2, 0.25) is 11.9 Å². The number of nitriles is 1. The Morgan fingerprint density at radius 1 is 1.14 bits per heavy atom. The normalized spacial score (nSPS) is 13.3. The van der Waals surface area contributed by atoms with Gasteiger partial charge < -0.3 is 19.8 Å². The summed E-state index contributed by atoms with van der Waals surface area (Å²) < 4.78 is 3.30. The summed E-state index contributed by atoms with van der Waals surface area (Å²) >= 11 is 0. The maximum absolute atomic E-state index is 13.9. The standard InChI is InChI=1S/C24H26N8O3/c1-4-5-10-31-19-20(27-23(31)29-11-13-30(14-12-29)24(34)35)26-22(28(2)3)32(21(19)33)16-18-9-7-6-8-17(18)15-25/h6-9H,10-14,16H2,1-3H3,(H,34,35). The lowest BCUT2D eigenvalue weighted by Crippen LogP contribution is -2.49. The molecule has 1 saturated heterocycles. The van der Waals surface area contributed by atoms with Crippen molar-refractivity contribution in [3.8, 4) is 17.9 Å². The van der Waals surface area contributed by atoms with Crippen molar-refractivity contribution in [1.82, 2.24) is 24.0 Å². The van der Waals surface area contributed by atoms with Gasteiger partial charge in [0, 0.05) is 40.3 Å². The zero-order valence-corrected chi connectivity index (χ0v) is 19.9. The average molecular weight is 475 g/mol. The van der Waals surface area contributed by atoms with Crippen molar-refractivity contribution in [3.63, 3.8) is 0 Å². The van der Waals surface area contributed by atoms with Crippen LogP contribution in [0.5, 0.6) is 0 Å². The summed E-state index contributed by atoms with van der Waals surface area (Å²) in [7, 11) is 3.60. The van der Waals surface area contributed by atoms with Gasteiger partial charge >= 0.3 is 6.09 Å². The molecular formula is C24H26N8O3. The van der Waals surface area contributed by atoms with Gasteiger partial charge in [-0.05, 0) is 18.6 Å². The van der Waals surface area contributed by atoms with Gasteiger partial charge in [0.05, 0.1) is 24.7 Å². The van der Waals surface area contributed by atoms with Gasteiger partial charge in [0.25, 0.3) is 5.56 Å². The van der Waals surface area contributed by atoms with Gasteiger partial charge in [-0.15, -0.1) is 5.92 Å². The molecule has 1 aromatic carbocycles. The zero-order valence-electron chi connectivity index (χ0n) is 19.9. The van der Waals surface area contributed by atoms with Crippen LogP contribution in [0.25, 0.3) is 11.2 Å². The minimum Gasteiger partial charge on any atom is -0.465 e. The summed E-state index contributed by atoms with van der Waals surface area (Å²) in [6, 6.07) is 9.34. The lowest BCUT2D eigenvalue weighted by molar-refractivity contribution is 0.142. The smallest absolute Gasteiger partial charge is 0.407 e. The molecule has 0 radical (unpaired) electrons. The third-order valence-corrected chi connectivity index (χ3v) is 5.94. The third kappa shape index (κ3) is 4.49. The number of hydrogen-bond acceptors (Lipinski definition) is 7. The topological polar surface area (TPSA) is 124 Å². The van der Waals surface area contributed by atoms with E-state index in [1.807, 2.05) is 17.0 Å². The number of anilines is 2. The second-order valence-corrected chi connectivity index (χ2v) is 8.32. The van der Waals surface area contributed by atoms with Crippen LogP contribution in [0.3, 0.4) is 0 Å². The van der Waals surface area contributed by atoms with Gasteiger partial charge in [0.15, 0.2) is 11.2 Å². The number of hydrogen-bond donors (Lipinski definition) is 1. The first-order valence-corrected chi connectivity index (χ1v) is 11.1. The number of carboxylic acid groups (broad SMARTS) is 1. The summed E-state index contributed by atoms with van der Waals surface area (Å²) in [4.78, 5) is 39.7. The molecule has 180 valence electrons. The number of nitrogens with zero attached hydrogens (tertiary/aromatic N) is 8. The van der Waals surface area contributed by atoms with Gasteiger partial charge in [-0.25, -0.2) is 4.79 Å². The maximum Gasteiger partial charge on any atom is 0.407 e. The second-order valence-electron chi connectivity index (χ2n) is 8.32. The maximum atomic E-state index is 13.9. The van der Waals surface area contributed by atoms with Gasteiger partial charge in [-0.1, -0.05) is 24.1 Å². The number of benzene rings is 1. The van der Waals surface area contributed by atoms with Crippen molar-refractivity contribution >= 4 is 29.2 Å². The summed E-state index contributed by atoms with van der Waals surface area (Å²) in [6.07, 6.45) is -0.951. The van der Waals surface area contributed by atoms with Crippen LogP contribution in [0.4, 0.5) is 16.7 Å². The lowest BCUT2D eigenvalue weighted by Gasteiger charge is -2.33. The van der Waals surface area contributed by atoms with E-state index in [4.69, 9.17) is 9.97 Å². The molecule has 0 bridgehead atoms. The van der Waals surface area contributed by atoms with Crippen LogP contribution >= 0.6 is 0 Å². The molecule has 1 N–H and O–H groups in total. The molecule has 0 atom stereocenters. The highest BCUT2D eigenvalue weighted by atomic mass is 16.4. The van der Waals surface area contributed by atoms with Crippen molar-refractivity contribution in [1.29, 1.82) is 5.26 Å². The second kappa shape index (κ2) is 9.77. The molecule has 0 spiro atoms. The SMILES string of the molecule is CC#CCn1c(N2CCN(C(=O)O)CC2)nc2nc(N(C)C)n(Cc3ccccc3C#N)c(=O)c21. The van der Waals surface area contributed by atoms with Crippen LogP contribution in [-0.2, 0) is 13.1 Å². The van der Waals surface area contributed by atoms with Crippen molar-refractivity contribution < 1.29 is 9.90 Å². The van der Waals surface area contributed by atoms with Crippen LogP contribution in [0.15, 0.2) is 29.1 Å². The molecule has 35 heavy (non-hydrogen) atoms. The number of carbonyl (C=O) groups is 1. The fourth-order valence-electron chi connectivity index (χ4n) is 4.16. The number of fused-ring (bicyclic) bond motifs is 1. The summed E-state index contributed by atoms with van der Waals surface area (Å²) in [5, 5.41) is 18.8. The van der Waals surface area contributed by atoms with E-state index in [9.17, 15) is 20.0 Å². The molecule has 11 nitrogen and oxygen atoms in total. The van der Waals surface area contributed by atoms with Gasteiger partial charge in [-0.2, -0.15) is 15.2 Å². The van der Waals surface area contributed by atoms with E-state index < -0.39 is 6.09 Å². The third-order valence-electron chi connectivity index (χ3n) is 5.94. The molecule has 1 aliphatic heterocycles. The van der Waals surface area contributed by atoms with Crippen molar-refractivity contribution in [2.24, 2.45) is 0 Å². The Bertz CT molecular complexity index is 1430. The Balaban J connectivity index is 1.87. The largest absolute Gasteiger partial charge is 0.465 e. The van der Waals surface area contributed by atoms with E-state index in [1.54, 1.807) is 47.2 Å². The number of aromatic nitrogens is 4. The highest BCUT2D eigenvalue weighted by Gasteiger charge is 2.27. The van der Waals surface area contributed by atoms with E-state index in [0.29, 0.717) is 60.4 Å². The Morgan fingerprint density at radius 2 is 1.86 bits per heavy atom. The molecule has 3 heterocycles. The highest BCUT2D eigenvalue weighted by molar-refractivity contribution is 5.76. The predicted molar refractivity (Wildman–Crippen MR) is 132 cm³/mol. The van der Waals surface area contributed by atoms with Crippen LogP contribution < -0.4 is 15.4 Å². The fraction of sp³-hybridized carbons (Fsp3) is 0.375. The van der Waals surface area contributed by atoms with E-state index in [1.165, 1.54) is 4.90 Å². The first-order chi connectivity index (χ1) is 16.8. The average Bonchev–Trinajstić information content (AvgIpc) is 3.23. The molecule has 11 heteroatoms. The predicted octanol–water partition coefficient (Wildman–Crippen LogP) is 1.40.